The van der Waals surface area contributed by atoms with Gasteiger partial charge in [0.15, 0.2) is 0 Å². The summed E-state index contributed by atoms with van der Waals surface area (Å²) in [6.45, 7) is 2.96. The fraction of sp³-hybridized carbons (Fsp3) is 0.545. The molecule has 0 aromatic heterocycles. The lowest BCUT2D eigenvalue weighted by Gasteiger charge is -2.45. The van der Waals surface area contributed by atoms with Crippen LogP contribution in [0.15, 0.2) is 48.6 Å². The molecule has 6 atom stereocenters. The SMILES string of the molecule is C[C@H]1C/C=C\[C@H](O)[C@@H]2CC[C@H]2CN2CC3(CCCc4cc(Cl)ccc43)COc3ccc(cc32)C(=O)NS(=O)(=O)[C@@H]1CC(F)(F)F. The number of hydrogen-bond donors (Lipinski definition) is 2. The maximum absolute atomic E-state index is 13.5. The minimum absolute atomic E-state index is 0.00144. The molecule has 2 aliphatic heterocycles. The largest absolute Gasteiger partial charge is 0.490 e. The van der Waals surface area contributed by atoms with Gasteiger partial charge in [0, 0.05) is 29.1 Å². The first-order valence-corrected chi connectivity index (χ1v) is 17.5. The quantitative estimate of drug-likeness (QED) is 0.353. The van der Waals surface area contributed by atoms with Gasteiger partial charge in [-0.25, -0.2) is 13.1 Å². The van der Waals surface area contributed by atoms with E-state index in [0.717, 1.165) is 32.1 Å². The van der Waals surface area contributed by atoms with E-state index in [1.165, 1.54) is 24.1 Å². The van der Waals surface area contributed by atoms with E-state index in [-0.39, 0.29) is 29.2 Å². The number of amides is 1. The zero-order chi connectivity index (χ0) is 32.1. The number of halogens is 4. The summed E-state index contributed by atoms with van der Waals surface area (Å²) in [5, 5.41) is 9.88. The molecule has 1 spiro atoms. The second-order valence-corrected chi connectivity index (χ2v) is 15.6. The average molecular weight is 667 g/mol. The van der Waals surface area contributed by atoms with Crippen LogP contribution in [0.25, 0.3) is 0 Å². The van der Waals surface area contributed by atoms with Crippen LogP contribution in [0, 0.1) is 17.8 Å². The number of aliphatic hydroxyl groups is 1. The lowest BCUT2D eigenvalue weighted by atomic mass is 9.68. The van der Waals surface area contributed by atoms with Crippen molar-refractivity contribution in [2.45, 2.75) is 74.8 Å². The standard InChI is InChI=1S/C33H38ClF3N2O5S/c1-20-4-2-6-28(40)25-10-7-23(25)17-39-18-32(13-3-5-21-14-24(34)9-11-26(21)32)19-44-29-12-8-22(15-27(29)39)31(41)38-45(42,43)30(20)16-33(35,36)37/h2,6,8-9,11-12,14-15,20,23,25,28,30,40H,3-5,7,10,13,16-19H2,1H3,(H,38,41)/b6-2-/t20-,23-,25+,28-,30+,32?/m0/s1. The molecule has 1 saturated carbocycles. The molecule has 1 unspecified atom stereocenters. The molecule has 2 heterocycles. The second-order valence-electron chi connectivity index (χ2n) is 13.3. The first kappa shape index (κ1) is 32.2. The highest BCUT2D eigenvalue weighted by Crippen LogP contribution is 2.47. The summed E-state index contributed by atoms with van der Waals surface area (Å²) in [5.41, 5.74) is 2.59. The van der Waals surface area contributed by atoms with Gasteiger partial charge in [-0.05, 0) is 97.7 Å². The topological polar surface area (TPSA) is 95.9 Å². The molecular formula is C33H38ClF3N2O5S. The maximum atomic E-state index is 13.5. The number of carbonyl (C=O) groups is 1. The molecule has 6 rings (SSSR count). The van der Waals surface area contributed by atoms with Crippen molar-refractivity contribution >= 4 is 33.2 Å². The van der Waals surface area contributed by atoms with E-state index in [1.54, 1.807) is 24.3 Å². The maximum Gasteiger partial charge on any atom is 0.390 e. The van der Waals surface area contributed by atoms with E-state index in [0.29, 0.717) is 36.2 Å². The lowest BCUT2D eigenvalue weighted by molar-refractivity contribution is -0.136. The zero-order valence-electron chi connectivity index (χ0n) is 25.0. The van der Waals surface area contributed by atoms with Gasteiger partial charge >= 0.3 is 6.18 Å². The Balaban J connectivity index is 1.42. The van der Waals surface area contributed by atoms with Gasteiger partial charge < -0.3 is 14.7 Å². The van der Waals surface area contributed by atoms with Crippen LogP contribution in [0.5, 0.6) is 5.75 Å². The summed E-state index contributed by atoms with van der Waals surface area (Å²) in [5.74, 6) is -1.36. The van der Waals surface area contributed by atoms with E-state index in [9.17, 15) is 31.5 Å². The number of fused-ring (bicyclic) bond motifs is 4. The van der Waals surface area contributed by atoms with Gasteiger partial charge in [0.05, 0.1) is 30.1 Å². The van der Waals surface area contributed by atoms with E-state index in [4.69, 9.17) is 16.3 Å². The molecule has 4 aliphatic rings. The van der Waals surface area contributed by atoms with Gasteiger partial charge in [-0.1, -0.05) is 36.7 Å². The molecule has 2 aromatic carbocycles. The highest BCUT2D eigenvalue weighted by Gasteiger charge is 2.45. The number of benzene rings is 2. The summed E-state index contributed by atoms with van der Waals surface area (Å²) in [6.07, 6.45) is 0.369. The van der Waals surface area contributed by atoms with Crippen LogP contribution in [-0.2, 0) is 21.9 Å². The van der Waals surface area contributed by atoms with Crippen molar-refractivity contribution in [1.82, 2.24) is 4.72 Å². The minimum Gasteiger partial charge on any atom is -0.490 e. The van der Waals surface area contributed by atoms with Gasteiger partial charge in [-0.3, -0.25) is 4.79 Å². The van der Waals surface area contributed by atoms with Crippen molar-refractivity contribution in [1.29, 1.82) is 0 Å². The van der Waals surface area contributed by atoms with Crippen molar-refractivity contribution in [3.05, 3.63) is 70.3 Å². The normalized spacial score (nSPS) is 32.3. The number of sulfonamides is 1. The van der Waals surface area contributed by atoms with Crippen molar-refractivity contribution in [3.63, 3.8) is 0 Å². The third-order valence-corrected chi connectivity index (χ3v) is 12.3. The highest BCUT2D eigenvalue weighted by molar-refractivity contribution is 7.90. The number of rotatable bonds is 1. The molecule has 2 aliphatic carbocycles. The molecule has 244 valence electrons. The summed E-state index contributed by atoms with van der Waals surface area (Å²) in [7, 11) is -4.73. The Labute approximate surface area is 266 Å². The van der Waals surface area contributed by atoms with Crippen LogP contribution >= 0.6 is 11.6 Å². The summed E-state index contributed by atoms with van der Waals surface area (Å²) < 4.78 is 75.6. The van der Waals surface area contributed by atoms with Gasteiger partial charge in [0.25, 0.3) is 5.91 Å². The molecule has 2 bridgehead atoms. The molecule has 2 aromatic rings. The number of allylic oxidation sites excluding steroid dienone is 1. The molecular weight excluding hydrogens is 629 g/mol. The van der Waals surface area contributed by atoms with Crippen LogP contribution in [0.4, 0.5) is 18.9 Å². The molecule has 0 radical (unpaired) electrons. The Kier molecular flexibility index (Phi) is 8.67. The first-order chi connectivity index (χ1) is 21.2. The number of aliphatic hydroxyl groups excluding tert-OH is 1. The van der Waals surface area contributed by atoms with Crippen LogP contribution in [0.1, 0.15) is 66.9 Å². The number of ether oxygens (including phenoxy) is 1. The third-order valence-electron chi connectivity index (χ3n) is 10.2. The van der Waals surface area contributed by atoms with E-state index in [1.807, 2.05) is 16.9 Å². The molecule has 0 saturated heterocycles. The number of aryl methyl sites for hydroxylation is 1. The fourth-order valence-electron chi connectivity index (χ4n) is 7.65. The van der Waals surface area contributed by atoms with Crippen LogP contribution in [0.3, 0.4) is 0 Å². The third kappa shape index (κ3) is 6.58. The van der Waals surface area contributed by atoms with E-state index < -0.39 is 45.8 Å². The van der Waals surface area contributed by atoms with Gasteiger partial charge in [0.1, 0.15) is 5.75 Å². The Hall–Kier alpha value is -2.76. The van der Waals surface area contributed by atoms with Gasteiger partial charge in [0.2, 0.25) is 10.0 Å². The van der Waals surface area contributed by atoms with Crippen molar-refractivity contribution in [2.75, 3.05) is 24.6 Å². The summed E-state index contributed by atoms with van der Waals surface area (Å²) in [6, 6.07) is 10.6. The molecule has 1 amide bonds. The van der Waals surface area contributed by atoms with E-state index in [2.05, 4.69) is 11.0 Å². The molecule has 7 nitrogen and oxygen atoms in total. The van der Waals surface area contributed by atoms with Gasteiger partial charge in [-0.15, -0.1) is 0 Å². The fourth-order valence-corrected chi connectivity index (χ4v) is 9.50. The average Bonchev–Trinajstić information content (AvgIpc) is 3.09. The Morgan fingerprint density at radius 2 is 1.98 bits per heavy atom. The number of nitrogens with one attached hydrogen (secondary N) is 1. The lowest BCUT2D eigenvalue weighted by Crippen LogP contribution is -2.49. The van der Waals surface area contributed by atoms with Crippen LogP contribution in [-0.4, -0.2) is 56.7 Å². The number of carbonyl (C=O) groups excluding carboxylic acids is 1. The van der Waals surface area contributed by atoms with Crippen molar-refractivity contribution in [3.8, 4) is 5.75 Å². The summed E-state index contributed by atoms with van der Waals surface area (Å²) in [4.78, 5) is 15.6. The smallest absolute Gasteiger partial charge is 0.390 e. The van der Waals surface area contributed by atoms with E-state index >= 15 is 0 Å². The number of anilines is 1. The number of hydrogen-bond acceptors (Lipinski definition) is 6. The molecule has 2 N–H and O–H groups in total. The predicted octanol–water partition coefficient (Wildman–Crippen LogP) is 6.18. The Bertz CT molecular complexity index is 1600. The first-order valence-electron chi connectivity index (χ1n) is 15.5. The minimum atomic E-state index is -4.76. The monoisotopic (exact) mass is 666 g/mol. The Morgan fingerprint density at radius 1 is 1.18 bits per heavy atom. The number of alkyl halides is 3. The number of nitrogens with zero attached hydrogens (tertiary/aromatic N) is 1. The van der Waals surface area contributed by atoms with Crippen molar-refractivity contribution in [2.24, 2.45) is 17.8 Å². The molecule has 12 heteroatoms. The predicted molar refractivity (Wildman–Crippen MR) is 166 cm³/mol. The van der Waals surface area contributed by atoms with Crippen LogP contribution < -0.4 is 14.4 Å². The van der Waals surface area contributed by atoms with Crippen molar-refractivity contribution < 1.29 is 36.2 Å². The summed E-state index contributed by atoms with van der Waals surface area (Å²) >= 11 is 6.35. The zero-order valence-corrected chi connectivity index (χ0v) is 26.6. The van der Waals surface area contributed by atoms with Gasteiger partial charge in [-0.2, -0.15) is 13.2 Å². The molecule has 45 heavy (non-hydrogen) atoms. The highest BCUT2D eigenvalue weighted by atomic mass is 35.5. The molecule has 1 fully saturated rings. The van der Waals surface area contributed by atoms with Crippen LogP contribution in [0.2, 0.25) is 5.02 Å². The Morgan fingerprint density at radius 3 is 2.71 bits per heavy atom. The second kappa shape index (κ2) is 12.1.